The van der Waals surface area contributed by atoms with Crippen LogP contribution >= 0.6 is 11.3 Å². The number of esters is 1. The van der Waals surface area contributed by atoms with Gasteiger partial charge in [0.25, 0.3) is 11.6 Å². The summed E-state index contributed by atoms with van der Waals surface area (Å²) in [5, 5.41) is 25.9. The SMILES string of the molecule is CCCN(C(=O)[C@@H](CC(=O)[C@H]1CCCCN1C)[C@@H](C)CC)[C@H](C[C@@H](OC(C)=O)c1nc(C(=O)N[C@@H](Cc2ccc([N+](=O)[O-])cc2)CC(C)(C)C(=O)O)cs1)C(C)C. The summed E-state index contributed by atoms with van der Waals surface area (Å²) in [5.74, 6) is -2.72. The molecule has 0 radical (unpaired) electrons. The first-order valence-electron chi connectivity index (χ1n) is 20.2. The van der Waals surface area contributed by atoms with Crippen molar-refractivity contribution < 1.29 is 38.7 Å². The Balaban J connectivity index is 1.90. The molecule has 1 aromatic carbocycles. The number of ketones is 1. The highest BCUT2D eigenvalue weighted by Gasteiger charge is 2.39. The van der Waals surface area contributed by atoms with Crippen molar-refractivity contribution in [3.8, 4) is 0 Å². The lowest BCUT2D eigenvalue weighted by molar-refractivity contribution is -0.384. The van der Waals surface area contributed by atoms with Crippen molar-refractivity contribution in [2.24, 2.45) is 23.2 Å². The van der Waals surface area contributed by atoms with Gasteiger partial charge in [-0.2, -0.15) is 0 Å². The zero-order chi connectivity index (χ0) is 42.6. The minimum Gasteiger partial charge on any atom is -0.481 e. The van der Waals surface area contributed by atoms with E-state index in [2.05, 4.69) is 15.2 Å². The normalized spacial score (nSPS) is 17.5. The Bertz CT molecular complexity index is 1690. The van der Waals surface area contributed by atoms with E-state index in [1.165, 1.54) is 19.1 Å². The molecule has 2 aromatic rings. The minimum atomic E-state index is -1.20. The highest BCUT2D eigenvalue weighted by Crippen LogP contribution is 2.34. The standard InChI is InChI=1S/C42H63N5O9S/c1-10-19-46(40(51)32(27(5)11-2)22-36(49)34-14-12-13-20-45(34)9)35(26(3)4)23-37(56-28(6)48)39-44-33(25-57-39)38(50)43-30(24-42(7,8)41(52)53)21-29-15-17-31(18-16-29)47(54)55/h15-18,25-27,30,32,34-35,37H,10-14,19-24H2,1-9H3,(H,43,50)(H,52,53)/t27-,30-,32-,34+,35+,37+/m0/s1. The fourth-order valence-electron chi connectivity index (χ4n) is 7.64. The maximum atomic E-state index is 14.7. The van der Waals surface area contributed by atoms with E-state index in [-0.39, 0.29) is 72.7 Å². The molecule has 2 N–H and O–H groups in total. The second-order valence-corrected chi connectivity index (χ2v) is 17.5. The number of ether oxygens (including phenoxy) is 1. The molecule has 1 saturated heterocycles. The number of piperidine rings is 1. The van der Waals surface area contributed by atoms with Crippen molar-refractivity contribution in [3.05, 3.63) is 56.0 Å². The zero-order valence-electron chi connectivity index (χ0n) is 35.1. The van der Waals surface area contributed by atoms with E-state index in [9.17, 15) is 39.2 Å². The highest BCUT2D eigenvalue weighted by molar-refractivity contribution is 7.09. The van der Waals surface area contributed by atoms with Gasteiger partial charge in [0.2, 0.25) is 5.91 Å². The summed E-state index contributed by atoms with van der Waals surface area (Å²) < 4.78 is 5.85. The monoisotopic (exact) mass is 813 g/mol. The number of carboxylic acids is 1. The molecule has 0 aliphatic carbocycles. The number of Topliss-reactive ketones (excluding diaryl/α,β-unsaturated/α-hetero) is 1. The van der Waals surface area contributed by atoms with Gasteiger partial charge in [-0.05, 0) is 76.9 Å². The maximum absolute atomic E-state index is 14.7. The number of carbonyl (C=O) groups excluding carboxylic acids is 4. The summed E-state index contributed by atoms with van der Waals surface area (Å²) in [7, 11) is 1.98. The summed E-state index contributed by atoms with van der Waals surface area (Å²) >= 11 is 1.15. The summed E-state index contributed by atoms with van der Waals surface area (Å²) in [6.45, 7) is 15.8. The Hall–Kier alpha value is -4.24. The molecule has 0 unspecified atom stereocenters. The number of rotatable bonds is 22. The van der Waals surface area contributed by atoms with Crippen molar-refractivity contribution in [1.29, 1.82) is 0 Å². The maximum Gasteiger partial charge on any atom is 0.309 e. The number of benzene rings is 1. The third-order valence-electron chi connectivity index (χ3n) is 11.2. The molecular formula is C42H63N5O9S. The van der Waals surface area contributed by atoms with Crippen molar-refractivity contribution >= 4 is 46.6 Å². The molecule has 1 aromatic heterocycles. The zero-order valence-corrected chi connectivity index (χ0v) is 35.9. The van der Waals surface area contributed by atoms with Crippen molar-refractivity contribution in [2.75, 3.05) is 20.1 Å². The molecule has 15 heteroatoms. The number of amides is 2. The Kier molecular flexibility index (Phi) is 17.8. The molecule has 3 rings (SSSR count). The third-order valence-corrected chi connectivity index (χ3v) is 12.2. The van der Waals surface area contributed by atoms with E-state index in [1.807, 2.05) is 46.6 Å². The average molecular weight is 814 g/mol. The third kappa shape index (κ3) is 13.4. The van der Waals surface area contributed by atoms with Gasteiger partial charge in [-0.15, -0.1) is 11.3 Å². The molecule has 316 valence electrons. The quantitative estimate of drug-likeness (QED) is 0.0692. The number of carbonyl (C=O) groups is 5. The van der Waals surface area contributed by atoms with Crippen LogP contribution in [0.2, 0.25) is 0 Å². The number of nitrogens with one attached hydrogen (secondary N) is 1. The van der Waals surface area contributed by atoms with E-state index in [1.54, 1.807) is 31.4 Å². The first kappa shape index (κ1) is 47.1. The second kappa shape index (κ2) is 21.5. The van der Waals surface area contributed by atoms with Gasteiger partial charge >= 0.3 is 11.9 Å². The van der Waals surface area contributed by atoms with E-state index in [0.717, 1.165) is 43.6 Å². The van der Waals surface area contributed by atoms with Crippen LogP contribution in [-0.4, -0.2) is 92.6 Å². The Morgan fingerprint density at radius 1 is 1.12 bits per heavy atom. The molecule has 1 fully saturated rings. The summed E-state index contributed by atoms with van der Waals surface area (Å²) in [4.78, 5) is 85.9. The van der Waals surface area contributed by atoms with Crippen molar-refractivity contribution in [2.45, 2.75) is 137 Å². The van der Waals surface area contributed by atoms with Crippen molar-refractivity contribution in [3.63, 3.8) is 0 Å². The number of carboxylic acid groups (broad SMARTS) is 1. The van der Waals surface area contributed by atoms with Crippen LogP contribution in [0, 0.1) is 33.3 Å². The number of hydrogen-bond acceptors (Lipinski definition) is 11. The van der Waals surface area contributed by atoms with Crippen LogP contribution < -0.4 is 5.32 Å². The largest absolute Gasteiger partial charge is 0.481 e. The van der Waals surface area contributed by atoms with E-state index >= 15 is 0 Å². The van der Waals surface area contributed by atoms with Crippen LogP contribution in [0.25, 0.3) is 0 Å². The van der Waals surface area contributed by atoms with Gasteiger partial charge < -0.3 is 20.1 Å². The second-order valence-electron chi connectivity index (χ2n) is 16.6. The van der Waals surface area contributed by atoms with Crippen LogP contribution in [0.5, 0.6) is 0 Å². The van der Waals surface area contributed by atoms with E-state index in [4.69, 9.17) is 4.74 Å². The molecule has 57 heavy (non-hydrogen) atoms. The molecule has 1 aliphatic heterocycles. The lowest BCUT2D eigenvalue weighted by atomic mass is 9.82. The smallest absolute Gasteiger partial charge is 0.309 e. The average Bonchev–Trinajstić information content (AvgIpc) is 3.65. The highest BCUT2D eigenvalue weighted by atomic mass is 32.1. The number of hydrogen-bond donors (Lipinski definition) is 2. The minimum absolute atomic E-state index is 0.0304. The first-order chi connectivity index (χ1) is 26.8. The number of nitrogens with zero attached hydrogens (tertiary/aromatic N) is 4. The fourth-order valence-corrected chi connectivity index (χ4v) is 8.48. The summed E-state index contributed by atoms with van der Waals surface area (Å²) in [5.41, 5.74) is -0.557. The topological polar surface area (TPSA) is 189 Å². The van der Waals surface area contributed by atoms with Gasteiger partial charge in [-0.3, -0.25) is 39.0 Å². The number of likely N-dealkylation sites (tertiary alicyclic amines) is 1. The molecule has 0 spiro atoms. The van der Waals surface area contributed by atoms with Gasteiger partial charge in [0, 0.05) is 61.8 Å². The lowest BCUT2D eigenvalue weighted by Gasteiger charge is -2.39. The lowest BCUT2D eigenvalue weighted by Crippen LogP contribution is -2.50. The Morgan fingerprint density at radius 3 is 2.33 bits per heavy atom. The molecule has 6 atom stereocenters. The van der Waals surface area contributed by atoms with Gasteiger partial charge in [0.15, 0.2) is 11.9 Å². The van der Waals surface area contributed by atoms with Crippen LogP contribution in [0.3, 0.4) is 0 Å². The number of thiazole rings is 1. The number of aliphatic carboxylic acids is 1. The predicted molar refractivity (Wildman–Crippen MR) is 219 cm³/mol. The Morgan fingerprint density at radius 2 is 1.79 bits per heavy atom. The number of likely N-dealkylation sites (N-methyl/N-ethyl adjacent to an activating group) is 1. The molecule has 14 nitrogen and oxygen atoms in total. The fraction of sp³-hybridized carbons (Fsp3) is 0.667. The van der Waals surface area contributed by atoms with Crippen molar-refractivity contribution in [1.82, 2.24) is 20.1 Å². The van der Waals surface area contributed by atoms with Gasteiger partial charge in [-0.25, -0.2) is 4.98 Å². The van der Waals surface area contributed by atoms with Crippen LogP contribution in [0.4, 0.5) is 5.69 Å². The van der Waals surface area contributed by atoms with Gasteiger partial charge in [0.1, 0.15) is 10.7 Å². The number of nitro benzene ring substituents is 1. The molecule has 0 bridgehead atoms. The molecule has 2 heterocycles. The number of aromatic nitrogens is 1. The van der Waals surface area contributed by atoms with Crippen LogP contribution in [0.15, 0.2) is 29.6 Å². The molecular weight excluding hydrogens is 751 g/mol. The van der Waals surface area contributed by atoms with Crippen LogP contribution in [0.1, 0.15) is 134 Å². The molecule has 1 aliphatic rings. The number of nitro groups is 1. The summed E-state index contributed by atoms with van der Waals surface area (Å²) in [6, 6.07) is 4.63. The molecule has 0 saturated carbocycles. The van der Waals surface area contributed by atoms with Gasteiger partial charge in [0.05, 0.1) is 16.4 Å². The van der Waals surface area contributed by atoms with Crippen LogP contribution in [-0.2, 0) is 30.3 Å². The van der Waals surface area contributed by atoms with Gasteiger partial charge in [-0.1, -0.05) is 59.6 Å². The number of non-ortho nitro benzene ring substituents is 1. The Labute approximate surface area is 341 Å². The summed E-state index contributed by atoms with van der Waals surface area (Å²) in [6.07, 6.45) is 4.04. The first-order valence-corrected chi connectivity index (χ1v) is 21.1. The molecule has 2 amide bonds. The van der Waals surface area contributed by atoms with E-state index < -0.39 is 46.2 Å². The predicted octanol–water partition coefficient (Wildman–Crippen LogP) is 7.26. The van der Waals surface area contributed by atoms with E-state index in [0.29, 0.717) is 23.5 Å².